The molecule has 1 aromatic rings. The van der Waals surface area contributed by atoms with Gasteiger partial charge in [-0.15, -0.1) is 0 Å². The molecule has 6 heteroatoms. The monoisotopic (exact) mass is 338 g/mol. The highest BCUT2D eigenvalue weighted by molar-refractivity contribution is 6.33. The number of halogens is 1. The normalized spacial score (nSPS) is 24.0. The molecule has 0 radical (unpaired) electrons. The Labute approximate surface area is 143 Å². The van der Waals surface area contributed by atoms with Gasteiger partial charge in [0.2, 0.25) is 0 Å². The van der Waals surface area contributed by atoms with Gasteiger partial charge in [0, 0.05) is 50.9 Å². The van der Waals surface area contributed by atoms with Gasteiger partial charge in [-0.3, -0.25) is 4.90 Å². The van der Waals surface area contributed by atoms with E-state index < -0.39 is 0 Å². The van der Waals surface area contributed by atoms with E-state index >= 15 is 0 Å². The van der Waals surface area contributed by atoms with Crippen LogP contribution in [0.3, 0.4) is 0 Å². The van der Waals surface area contributed by atoms with Gasteiger partial charge in [-0.2, -0.15) is 0 Å². The number of nitrogens with zero attached hydrogens (tertiary/aromatic N) is 2. The third-order valence-corrected chi connectivity index (χ3v) is 5.43. The molecule has 1 atom stereocenters. The van der Waals surface area contributed by atoms with Crippen molar-refractivity contribution in [1.29, 1.82) is 0 Å². The highest BCUT2D eigenvalue weighted by Crippen LogP contribution is 2.36. The van der Waals surface area contributed by atoms with E-state index in [0.717, 1.165) is 38.4 Å². The number of nitrogen functional groups attached to an aromatic ring is 1. The topological polar surface area (TPSA) is 53.8 Å². The molecule has 2 fully saturated rings. The third kappa shape index (κ3) is 3.52. The summed E-state index contributed by atoms with van der Waals surface area (Å²) in [7, 11) is 1.64. The Kier molecular flexibility index (Phi) is 5.19. The Morgan fingerprint density at radius 3 is 2.65 bits per heavy atom. The molecule has 2 aliphatic rings. The lowest BCUT2D eigenvalue weighted by Crippen LogP contribution is -2.56. The lowest BCUT2D eigenvalue weighted by Gasteiger charge is -2.44. The predicted octanol–water partition coefficient (Wildman–Crippen LogP) is 2.19. The zero-order valence-electron chi connectivity index (χ0n) is 14.0. The first-order chi connectivity index (χ1) is 11.1. The van der Waals surface area contributed by atoms with Crippen molar-refractivity contribution in [3.05, 3.63) is 17.2 Å². The van der Waals surface area contributed by atoms with Crippen LogP contribution in [0.4, 0.5) is 11.4 Å². The standard InChI is InChI=1S/C17H27ClN4O/c1-12-11-20-5-8-22(12)13-3-6-21(7-4-13)16-10-17(23-2)15(19)9-14(16)18/h9-10,12-13,20H,3-8,11,19H2,1-2H3. The summed E-state index contributed by atoms with van der Waals surface area (Å²) in [6.45, 7) is 7.72. The molecule has 1 aromatic carbocycles. The van der Waals surface area contributed by atoms with Crippen LogP contribution in [-0.2, 0) is 0 Å². The number of hydrogen-bond donors (Lipinski definition) is 2. The molecule has 0 saturated carbocycles. The van der Waals surface area contributed by atoms with Crippen molar-refractivity contribution in [2.45, 2.75) is 31.8 Å². The molecule has 0 bridgehead atoms. The number of piperazine rings is 1. The fourth-order valence-corrected chi connectivity index (χ4v) is 4.11. The lowest BCUT2D eigenvalue weighted by molar-refractivity contribution is 0.0997. The number of benzene rings is 1. The zero-order chi connectivity index (χ0) is 16.4. The Bertz CT molecular complexity index is 546. The summed E-state index contributed by atoms with van der Waals surface area (Å²) < 4.78 is 5.34. The second-order valence-electron chi connectivity index (χ2n) is 6.55. The van der Waals surface area contributed by atoms with Crippen LogP contribution in [0.15, 0.2) is 12.1 Å². The van der Waals surface area contributed by atoms with Gasteiger partial charge >= 0.3 is 0 Å². The van der Waals surface area contributed by atoms with Crippen molar-refractivity contribution in [3.8, 4) is 5.75 Å². The number of methoxy groups -OCH3 is 1. The number of piperidine rings is 1. The third-order valence-electron chi connectivity index (χ3n) is 5.13. The van der Waals surface area contributed by atoms with Gasteiger partial charge in [0.15, 0.2) is 0 Å². The molecule has 2 saturated heterocycles. The number of nitrogens with one attached hydrogen (secondary N) is 1. The number of rotatable bonds is 3. The number of hydrogen-bond acceptors (Lipinski definition) is 5. The average molecular weight is 339 g/mol. The maximum absolute atomic E-state index is 6.40. The SMILES string of the molecule is COc1cc(N2CCC(N3CCNCC3C)CC2)c(Cl)cc1N. The molecule has 3 rings (SSSR count). The van der Waals surface area contributed by atoms with E-state index in [0.29, 0.717) is 28.5 Å². The first-order valence-corrected chi connectivity index (χ1v) is 8.82. The largest absolute Gasteiger partial charge is 0.495 e. The van der Waals surface area contributed by atoms with Gasteiger partial charge in [-0.1, -0.05) is 11.6 Å². The molecular formula is C17H27ClN4O. The minimum Gasteiger partial charge on any atom is -0.495 e. The Hall–Kier alpha value is -1.17. The summed E-state index contributed by atoms with van der Waals surface area (Å²) in [6.07, 6.45) is 2.35. The van der Waals surface area contributed by atoms with Gasteiger partial charge < -0.3 is 20.7 Å². The van der Waals surface area contributed by atoms with Crippen LogP contribution in [0.2, 0.25) is 5.02 Å². The van der Waals surface area contributed by atoms with E-state index in [1.54, 1.807) is 13.2 Å². The van der Waals surface area contributed by atoms with E-state index in [1.807, 2.05) is 6.07 Å². The van der Waals surface area contributed by atoms with E-state index in [4.69, 9.17) is 22.1 Å². The molecule has 128 valence electrons. The fraction of sp³-hybridized carbons (Fsp3) is 0.647. The van der Waals surface area contributed by atoms with Crippen LogP contribution in [0.5, 0.6) is 5.75 Å². The minimum atomic E-state index is 0.589. The molecule has 0 spiro atoms. The van der Waals surface area contributed by atoms with Crippen LogP contribution in [0.25, 0.3) is 0 Å². The predicted molar refractivity (Wildman–Crippen MR) is 96.7 cm³/mol. The van der Waals surface area contributed by atoms with Crippen molar-refractivity contribution in [2.24, 2.45) is 0 Å². The molecule has 5 nitrogen and oxygen atoms in total. The highest BCUT2D eigenvalue weighted by Gasteiger charge is 2.29. The summed E-state index contributed by atoms with van der Waals surface area (Å²) in [5.74, 6) is 0.697. The quantitative estimate of drug-likeness (QED) is 0.827. The summed E-state index contributed by atoms with van der Waals surface area (Å²) in [6, 6.07) is 5.06. The summed E-state index contributed by atoms with van der Waals surface area (Å²) in [4.78, 5) is 5.02. The first-order valence-electron chi connectivity index (χ1n) is 8.44. The lowest BCUT2D eigenvalue weighted by atomic mass is 9.99. The summed E-state index contributed by atoms with van der Waals surface area (Å²) in [5, 5.41) is 4.17. The van der Waals surface area contributed by atoms with E-state index in [1.165, 1.54) is 12.8 Å². The maximum Gasteiger partial charge on any atom is 0.143 e. The number of nitrogens with two attached hydrogens (primary N) is 1. The van der Waals surface area contributed by atoms with Gasteiger partial charge in [-0.05, 0) is 25.8 Å². The van der Waals surface area contributed by atoms with Crippen molar-refractivity contribution < 1.29 is 4.74 Å². The molecule has 0 aromatic heterocycles. The van der Waals surface area contributed by atoms with Crippen LogP contribution >= 0.6 is 11.6 Å². The van der Waals surface area contributed by atoms with Crippen LogP contribution in [0.1, 0.15) is 19.8 Å². The molecule has 2 aliphatic heterocycles. The second kappa shape index (κ2) is 7.16. The van der Waals surface area contributed by atoms with Crippen molar-refractivity contribution in [2.75, 3.05) is 50.5 Å². The Balaban J connectivity index is 1.67. The fourth-order valence-electron chi connectivity index (χ4n) is 3.81. The van der Waals surface area contributed by atoms with Crippen LogP contribution < -0.4 is 20.7 Å². The number of ether oxygens (including phenoxy) is 1. The van der Waals surface area contributed by atoms with Crippen LogP contribution in [0, 0.1) is 0 Å². The van der Waals surface area contributed by atoms with Crippen molar-refractivity contribution in [1.82, 2.24) is 10.2 Å². The zero-order valence-corrected chi connectivity index (χ0v) is 14.8. The molecule has 3 N–H and O–H groups in total. The Morgan fingerprint density at radius 2 is 2.00 bits per heavy atom. The molecule has 0 aliphatic carbocycles. The smallest absolute Gasteiger partial charge is 0.143 e. The van der Waals surface area contributed by atoms with Gasteiger partial charge in [-0.25, -0.2) is 0 Å². The first kappa shape index (κ1) is 16.7. The molecule has 1 unspecified atom stereocenters. The van der Waals surface area contributed by atoms with Gasteiger partial charge in [0.25, 0.3) is 0 Å². The maximum atomic E-state index is 6.40. The summed E-state index contributed by atoms with van der Waals surface area (Å²) >= 11 is 6.40. The Morgan fingerprint density at radius 1 is 1.26 bits per heavy atom. The number of anilines is 2. The van der Waals surface area contributed by atoms with E-state index in [-0.39, 0.29) is 0 Å². The second-order valence-corrected chi connectivity index (χ2v) is 6.96. The van der Waals surface area contributed by atoms with Crippen molar-refractivity contribution >= 4 is 23.0 Å². The minimum absolute atomic E-state index is 0.589. The van der Waals surface area contributed by atoms with E-state index in [9.17, 15) is 0 Å². The van der Waals surface area contributed by atoms with Gasteiger partial charge in [0.1, 0.15) is 5.75 Å². The molecule has 2 heterocycles. The molecule has 23 heavy (non-hydrogen) atoms. The summed E-state index contributed by atoms with van der Waals surface area (Å²) in [5.41, 5.74) is 7.55. The van der Waals surface area contributed by atoms with E-state index in [2.05, 4.69) is 22.0 Å². The highest BCUT2D eigenvalue weighted by atomic mass is 35.5. The molecule has 0 amide bonds. The van der Waals surface area contributed by atoms with Gasteiger partial charge in [0.05, 0.1) is 23.5 Å². The van der Waals surface area contributed by atoms with Crippen LogP contribution in [-0.4, -0.2) is 56.8 Å². The molecular weight excluding hydrogens is 312 g/mol. The van der Waals surface area contributed by atoms with Crippen molar-refractivity contribution in [3.63, 3.8) is 0 Å². The average Bonchev–Trinajstić information content (AvgIpc) is 2.56.